The summed E-state index contributed by atoms with van der Waals surface area (Å²) in [5, 5.41) is 16.8. The minimum Gasteiger partial charge on any atom is -0.481 e. The predicted molar refractivity (Wildman–Crippen MR) is 128 cm³/mol. The zero-order valence-electron chi connectivity index (χ0n) is 17.8. The molecule has 0 spiro atoms. The topological polar surface area (TPSA) is 61.4 Å². The van der Waals surface area contributed by atoms with Crippen molar-refractivity contribution in [3.8, 4) is 0 Å². The first-order chi connectivity index (χ1) is 13.6. The normalized spacial score (nSPS) is 29.3. The van der Waals surface area contributed by atoms with Gasteiger partial charge in [0.05, 0.1) is 5.41 Å². The van der Waals surface area contributed by atoms with Crippen LogP contribution in [0.15, 0.2) is 35.9 Å². The van der Waals surface area contributed by atoms with E-state index in [1.807, 2.05) is 0 Å². The molecule has 3 fully saturated rings. The van der Waals surface area contributed by atoms with E-state index in [0.717, 1.165) is 32.1 Å². The molecular weight excluding hydrogens is 419 g/mol. The summed E-state index contributed by atoms with van der Waals surface area (Å²) < 4.78 is 0. The number of carbonyl (C=O) groups is 1. The van der Waals surface area contributed by atoms with E-state index >= 15 is 0 Å². The van der Waals surface area contributed by atoms with Gasteiger partial charge >= 0.3 is 5.97 Å². The zero-order chi connectivity index (χ0) is 19.6. The Balaban J connectivity index is 0.00000160. The van der Waals surface area contributed by atoms with E-state index in [2.05, 4.69) is 54.0 Å². The average molecular weight is 455 g/mol. The smallest absolute Gasteiger partial charge is 0.310 e. The molecule has 3 N–H and O–H groups in total. The molecule has 2 atom stereocenters. The van der Waals surface area contributed by atoms with Crippen molar-refractivity contribution in [1.29, 1.82) is 0 Å². The maximum Gasteiger partial charge on any atom is 0.310 e. The molecule has 0 bridgehead atoms. The number of carboxylic acids is 1. The number of rotatable bonds is 9. The number of halogens is 2. The van der Waals surface area contributed by atoms with Crippen LogP contribution in [0.3, 0.4) is 0 Å². The van der Waals surface area contributed by atoms with Crippen LogP contribution >= 0.6 is 24.8 Å². The van der Waals surface area contributed by atoms with Crippen molar-refractivity contribution in [3.05, 3.63) is 41.5 Å². The van der Waals surface area contributed by atoms with Crippen LogP contribution in [0.1, 0.15) is 63.9 Å². The van der Waals surface area contributed by atoms with E-state index in [9.17, 15) is 9.90 Å². The first-order valence-corrected chi connectivity index (χ1v) is 11.1. The standard InChI is InChI=1S/C24H34N2O2.2ClH/c1-2-18(14-17-6-4-3-5-7-17)21-15-22(21)26-20-10-8-19(9-11-20)25-16-24(12-13-24)23(27)28;;/h3-7,14,19-22,25-26H,2,8-13,15-16H2,1H3,(H,27,28);2*1H/b18-14+;;. The highest BCUT2D eigenvalue weighted by Gasteiger charge is 2.50. The Morgan fingerprint density at radius 1 is 1.10 bits per heavy atom. The lowest BCUT2D eigenvalue weighted by Crippen LogP contribution is -2.43. The van der Waals surface area contributed by atoms with E-state index < -0.39 is 11.4 Å². The summed E-state index contributed by atoms with van der Waals surface area (Å²) in [5.74, 6) is 0.0803. The molecule has 1 aromatic rings. The molecular formula is C24H36Cl2N2O2. The fourth-order valence-electron chi connectivity index (χ4n) is 4.75. The van der Waals surface area contributed by atoms with Gasteiger partial charge < -0.3 is 15.7 Å². The summed E-state index contributed by atoms with van der Waals surface area (Å²) in [7, 11) is 0. The SMILES string of the molecule is CC/C(=C\c1ccccc1)C1CC1NC1CCC(NCC2(C(=O)O)CC2)CC1.Cl.Cl. The molecule has 6 heteroatoms. The van der Waals surface area contributed by atoms with Gasteiger partial charge in [-0.1, -0.05) is 48.9 Å². The van der Waals surface area contributed by atoms with Crippen LogP contribution in [0, 0.1) is 11.3 Å². The van der Waals surface area contributed by atoms with Gasteiger partial charge in [-0.2, -0.15) is 0 Å². The van der Waals surface area contributed by atoms with E-state index in [4.69, 9.17) is 0 Å². The maximum atomic E-state index is 11.3. The third-order valence-corrected chi connectivity index (χ3v) is 7.04. The molecule has 1 aromatic carbocycles. The van der Waals surface area contributed by atoms with E-state index in [1.165, 1.54) is 24.8 Å². The monoisotopic (exact) mass is 454 g/mol. The van der Waals surface area contributed by atoms with Gasteiger partial charge in [0, 0.05) is 24.7 Å². The van der Waals surface area contributed by atoms with Crippen LogP contribution in [0.5, 0.6) is 0 Å². The van der Waals surface area contributed by atoms with Crippen molar-refractivity contribution in [2.45, 2.75) is 76.4 Å². The minimum atomic E-state index is -0.620. The van der Waals surface area contributed by atoms with Crippen LogP contribution in [0.25, 0.3) is 6.08 Å². The Morgan fingerprint density at radius 3 is 2.30 bits per heavy atom. The van der Waals surface area contributed by atoms with E-state index in [-0.39, 0.29) is 24.8 Å². The van der Waals surface area contributed by atoms with Crippen LogP contribution in [-0.4, -0.2) is 35.7 Å². The molecule has 3 aliphatic rings. The zero-order valence-corrected chi connectivity index (χ0v) is 19.4. The summed E-state index contributed by atoms with van der Waals surface area (Å²) in [5.41, 5.74) is 2.44. The van der Waals surface area contributed by atoms with Crippen LogP contribution in [0.4, 0.5) is 0 Å². The van der Waals surface area contributed by atoms with Crippen molar-refractivity contribution in [3.63, 3.8) is 0 Å². The van der Waals surface area contributed by atoms with Crippen molar-refractivity contribution < 1.29 is 9.90 Å². The fraction of sp³-hybridized carbons (Fsp3) is 0.625. The van der Waals surface area contributed by atoms with Gasteiger partial charge in [-0.05, 0) is 62.8 Å². The first-order valence-electron chi connectivity index (χ1n) is 11.1. The molecule has 4 nitrogen and oxygen atoms in total. The van der Waals surface area contributed by atoms with Gasteiger partial charge in [0.2, 0.25) is 0 Å². The molecule has 2 unspecified atom stereocenters. The Morgan fingerprint density at radius 2 is 1.73 bits per heavy atom. The second-order valence-corrected chi connectivity index (χ2v) is 9.11. The van der Waals surface area contributed by atoms with Crippen molar-refractivity contribution in [1.82, 2.24) is 10.6 Å². The Labute approximate surface area is 193 Å². The summed E-state index contributed by atoms with van der Waals surface area (Å²) in [6, 6.07) is 12.4. The molecule has 0 radical (unpaired) electrons. The number of carboxylic acid groups (broad SMARTS) is 1. The number of hydrogen-bond acceptors (Lipinski definition) is 3. The lowest BCUT2D eigenvalue weighted by atomic mass is 9.90. The molecule has 168 valence electrons. The van der Waals surface area contributed by atoms with Gasteiger partial charge in [-0.3, -0.25) is 4.79 Å². The van der Waals surface area contributed by atoms with Gasteiger partial charge in [-0.15, -0.1) is 24.8 Å². The van der Waals surface area contributed by atoms with Gasteiger partial charge in [0.25, 0.3) is 0 Å². The Kier molecular flexibility index (Phi) is 9.23. The molecule has 0 amide bonds. The fourth-order valence-corrected chi connectivity index (χ4v) is 4.75. The molecule has 0 heterocycles. The summed E-state index contributed by atoms with van der Waals surface area (Å²) >= 11 is 0. The number of benzene rings is 1. The largest absolute Gasteiger partial charge is 0.481 e. The van der Waals surface area contributed by atoms with E-state index in [1.54, 1.807) is 5.57 Å². The summed E-state index contributed by atoms with van der Waals surface area (Å²) in [6.45, 7) is 2.92. The predicted octanol–water partition coefficient (Wildman–Crippen LogP) is 5.07. The molecule has 4 rings (SSSR count). The summed E-state index contributed by atoms with van der Waals surface area (Å²) in [6.07, 6.45) is 11.2. The Bertz CT molecular complexity index is 713. The van der Waals surface area contributed by atoms with Gasteiger partial charge in [0.1, 0.15) is 0 Å². The van der Waals surface area contributed by atoms with Crippen molar-refractivity contribution in [2.24, 2.45) is 11.3 Å². The third-order valence-electron chi connectivity index (χ3n) is 7.04. The molecule has 3 aliphatic carbocycles. The lowest BCUT2D eigenvalue weighted by Gasteiger charge is -2.31. The first kappa shape index (κ1) is 25.2. The third kappa shape index (κ3) is 6.23. The van der Waals surface area contributed by atoms with Crippen molar-refractivity contribution >= 4 is 36.9 Å². The molecule has 0 aromatic heterocycles. The Hall–Kier alpha value is -1.07. The second-order valence-electron chi connectivity index (χ2n) is 9.11. The quantitative estimate of drug-likeness (QED) is 0.487. The maximum absolute atomic E-state index is 11.3. The number of aliphatic carboxylic acids is 1. The van der Waals surface area contributed by atoms with Crippen LogP contribution in [0.2, 0.25) is 0 Å². The van der Waals surface area contributed by atoms with Crippen LogP contribution < -0.4 is 10.6 Å². The van der Waals surface area contributed by atoms with E-state index in [0.29, 0.717) is 30.6 Å². The molecule has 0 saturated heterocycles. The lowest BCUT2D eigenvalue weighted by molar-refractivity contribution is -0.143. The minimum absolute atomic E-state index is 0. The number of hydrogen-bond donors (Lipinski definition) is 3. The van der Waals surface area contributed by atoms with Crippen molar-refractivity contribution in [2.75, 3.05) is 6.54 Å². The van der Waals surface area contributed by atoms with Crippen LogP contribution in [-0.2, 0) is 4.79 Å². The number of nitrogens with one attached hydrogen (secondary N) is 2. The highest BCUT2D eigenvalue weighted by Crippen LogP contribution is 2.45. The van der Waals surface area contributed by atoms with Gasteiger partial charge in [-0.25, -0.2) is 0 Å². The molecule has 0 aliphatic heterocycles. The average Bonchev–Trinajstić information content (AvgIpc) is 3.63. The second kappa shape index (κ2) is 11.0. The van der Waals surface area contributed by atoms with Gasteiger partial charge in [0.15, 0.2) is 0 Å². The molecule has 30 heavy (non-hydrogen) atoms. The highest BCUT2D eigenvalue weighted by atomic mass is 35.5. The summed E-state index contributed by atoms with van der Waals surface area (Å²) in [4.78, 5) is 11.3. The molecule has 3 saturated carbocycles. The highest BCUT2D eigenvalue weighted by molar-refractivity contribution is 5.85.